The van der Waals surface area contributed by atoms with Gasteiger partial charge in [0.25, 0.3) is 0 Å². The van der Waals surface area contributed by atoms with Crippen molar-refractivity contribution in [3.8, 4) is 0 Å². The molecule has 3 aliphatic rings. The molecule has 0 spiro atoms. The van der Waals surface area contributed by atoms with Crippen LogP contribution in [0.15, 0.2) is 10.8 Å². The van der Waals surface area contributed by atoms with Gasteiger partial charge in [0, 0.05) is 18.9 Å². The Morgan fingerprint density at radius 1 is 1.48 bits per heavy atom. The van der Waals surface area contributed by atoms with Crippen molar-refractivity contribution in [1.29, 1.82) is 0 Å². The highest BCUT2D eigenvalue weighted by molar-refractivity contribution is 8.04. The van der Waals surface area contributed by atoms with Crippen LogP contribution in [0.25, 0.3) is 0 Å². The number of hydrogen-bond acceptors (Lipinski definition) is 6. The number of aliphatic hydroxyl groups excluding tert-OH is 1. The Bertz CT molecular complexity index is 548. The number of ether oxygens (including phenoxy) is 1. The van der Waals surface area contributed by atoms with E-state index in [9.17, 15) is 19.5 Å². The zero-order valence-corrected chi connectivity index (χ0v) is 11.8. The number of nitrogens with zero attached hydrogens (tertiary/aromatic N) is 1. The number of thioether (sulfide) groups is 1. The summed E-state index contributed by atoms with van der Waals surface area (Å²) in [6.45, 7) is -0.277. The van der Waals surface area contributed by atoms with E-state index in [1.807, 2.05) is 0 Å². The van der Waals surface area contributed by atoms with Crippen LogP contribution >= 0.6 is 11.8 Å². The van der Waals surface area contributed by atoms with E-state index in [1.54, 1.807) is 0 Å². The molecule has 2 amide bonds. The lowest BCUT2D eigenvalue weighted by atomic mass is 10.00. The first-order valence-electron chi connectivity index (χ1n) is 6.55. The topological polar surface area (TPSA) is 116 Å². The van der Waals surface area contributed by atoms with Crippen LogP contribution < -0.4 is 5.32 Å². The number of fused-ring (bicyclic) bond motifs is 1. The van der Waals surface area contributed by atoms with Crippen LogP contribution in [0.4, 0.5) is 4.79 Å². The first kappa shape index (κ1) is 14.2. The zero-order chi connectivity index (χ0) is 15.1. The maximum atomic E-state index is 11.9. The lowest BCUT2D eigenvalue weighted by Gasteiger charge is -2.40. The molecule has 114 valence electrons. The Hall–Kier alpha value is -1.74. The normalized spacial score (nSPS) is 31.1. The van der Waals surface area contributed by atoms with Gasteiger partial charge in [-0.15, -0.1) is 0 Å². The predicted octanol–water partition coefficient (Wildman–Crippen LogP) is 0.0424. The Morgan fingerprint density at radius 3 is 2.81 bits per heavy atom. The number of rotatable bonds is 4. The summed E-state index contributed by atoms with van der Waals surface area (Å²) < 4.78 is 4.74. The van der Waals surface area contributed by atoms with Crippen molar-refractivity contribution in [3.63, 3.8) is 0 Å². The molecule has 0 aromatic carbocycles. The maximum absolute atomic E-state index is 11.9. The van der Waals surface area contributed by atoms with E-state index < -0.39 is 12.1 Å². The van der Waals surface area contributed by atoms with Crippen LogP contribution in [0.1, 0.15) is 19.3 Å². The molecule has 0 radical (unpaired) electrons. The second-order valence-electron chi connectivity index (χ2n) is 5.11. The molecule has 3 aliphatic heterocycles. The van der Waals surface area contributed by atoms with Gasteiger partial charge >= 0.3 is 6.16 Å². The molecule has 3 N–H and O–H groups in total. The van der Waals surface area contributed by atoms with Crippen molar-refractivity contribution in [2.24, 2.45) is 5.92 Å². The number of carbonyl (C=O) groups excluding carboxylic acids is 2. The fourth-order valence-electron chi connectivity index (χ4n) is 2.75. The number of nitrogens with one attached hydrogen (secondary N) is 1. The number of aliphatic hydroxyl groups is 1. The molecule has 0 aromatic rings. The highest BCUT2D eigenvalue weighted by Gasteiger charge is 2.55. The molecule has 9 heteroatoms. The molecular weight excluding hydrogens is 300 g/mol. The van der Waals surface area contributed by atoms with Crippen molar-refractivity contribution < 1.29 is 29.3 Å². The van der Waals surface area contributed by atoms with Crippen molar-refractivity contribution in [2.75, 3.05) is 6.61 Å². The van der Waals surface area contributed by atoms with Gasteiger partial charge in [-0.1, -0.05) is 11.8 Å². The summed E-state index contributed by atoms with van der Waals surface area (Å²) >= 11 is 1.32. The third-order valence-electron chi connectivity index (χ3n) is 3.77. The third kappa shape index (κ3) is 2.36. The van der Waals surface area contributed by atoms with Gasteiger partial charge in [0.15, 0.2) is 0 Å². The number of amides is 2. The van der Waals surface area contributed by atoms with Gasteiger partial charge in [-0.3, -0.25) is 14.5 Å². The number of carboxylic acid groups (broad SMARTS) is 1. The van der Waals surface area contributed by atoms with Crippen LogP contribution in [0.2, 0.25) is 0 Å². The van der Waals surface area contributed by atoms with E-state index in [-0.39, 0.29) is 35.7 Å². The molecule has 0 aromatic heterocycles. The molecule has 2 saturated heterocycles. The van der Waals surface area contributed by atoms with Gasteiger partial charge in [-0.2, -0.15) is 0 Å². The van der Waals surface area contributed by atoms with Crippen LogP contribution in [-0.2, 0) is 14.3 Å². The Kier molecular flexibility index (Phi) is 3.54. The van der Waals surface area contributed by atoms with E-state index >= 15 is 0 Å². The first-order chi connectivity index (χ1) is 10.0. The fourth-order valence-corrected chi connectivity index (χ4v) is 4.25. The summed E-state index contributed by atoms with van der Waals surface area (Å²) in [7, 11) is 0. The SMILES string of the molecule is O=C1CC[C@@H](CC2=C(OC(=O)O)N3C(=O)[C@H](CO)[C@H]3S2)N1. The van der Waals surface area contributed by atoms with Gasteiger partial charge in [-0.05, 0) is 6.42 Å². The fraction of sp³-hybridized carbons (Fsp3) is 0.583. The molecule has 3 rings (SSSR count). The van der Waals surface area contributed by atoms with E-state index in [4.69, 9.17) is 9.84 Å². The Balaban J connectivity index is 1.78. The minimum absolute atomic E-state index is 0.0216. The lowest BCUT2D eigenvalue weighted by molar-refractivity contribution is -0.151. The second kappa shape index (κ2) is 5.23. The quantitative estimate of drug-likeness (QED) is 0.495. The predicted molar refractivity (Wildman–Crippen MR) is 70.7 cm³/mol. The maximum Gasteiger partial charge on any atom is 0.512 e. The number of carbonyl (C=O) groups is 3. The summed E-state index contributed by atoms with van der Waals surface area (Å²) in [5.74, 6) is -0.875. The van der Waals surface area contributed by atoms with Crippen molar-refractivity contribution >= 4 is 29.7 Å². The molecule has 2 fully saturated rings. The van der Waals surface area contributed by atoms with E-state index in [0.29, 0.717) is 24.2 Å². The largest absolute Gasteiger partial charge is 0.512 e. The molecule has 0 bridgehead atoms. The van der Waals surface area contributed by atoms with Crippen LogP contribution in [-0.4, -0.2) is 51.1 Å². The number of hydrogen-bond donors (Lipinski definition) is 3. The van der Waals surface area contributed by atoms with E-state index in [1.165, 1.54) is 16.7 Å². The zero-order valence-electron chi connectivity index (χ0n) is 10.9. The van der Waals surface area contributed by atoms with Gasteiger partial charge in [0.05, 0.1) is 17.4 Å². The summed E-state index contributed by atoms with van der Waals surface area (Å²) in [5, 5.41) is 20.5. The third-order valence-corrected chi connectivity index (χ3v) is 5.18. The smallest absolute Gasteiger partial charge is 0.449 e. The first-order valence-corrected chi connectivity index (χ1v) is 7.43. The standard InChI is InChI=1S/C12H14N2O6S/c15-4-6-9(17)14-10(20-12(18)19)7(21-11(6)14)3-5-1-2-8(16)13-5/h5-6,11,15H,1-4H2,(H,13,16)(H,18,19)/t5-,6-,11+/m0/s1. The van der Waals surface area contributed by atoms with Crippen molar-refractivity contribution in [3.05, 3.63) is 10.8 Å². The van der Waals surface area contributed by atoms with Gasteiger partial charge in [-0.25, -0.2) is 4.79 Å². The van der Waals surface area contributed by atoms with Crippen molar-refractivity contribution in [1.82, 2.24) is 10.2 Å². The molecule has 3 atom stereocenters. The van der Waals surface area contributed by atoms with Gasteiger partial charge in [0.1, 0.15) is 5.37 Å². The number of β-lactam (4-membered cyclic amide) rings is 1. The molecule has 8 nitrogen and oxygen atoms in total. The second-order valence-corrected chi connectivity index (χ2v) is 6.32. The van der Waals surface area contributed by atoms with Crippen LogP contribution in [0.5, 0.6) is 0 Å². The monoisotopic (exact) mass is 314 g/mol. The average molecular weight is 314 g/mol. The van der Waals surface area contributed by atoms with Crippen LogP contribution in [0.3, 0.4) is 0 Å². The Morgan fingerprint density at radius 2 is 2.24 bits per heavy atom. The molecule has 0 saturated carbocycles. The molecule has 3 heterocycles. The summed E-state index contributed by atoms with van der Waals surface area (Å²) in [4.78, 5) is 35.8. The summed E-state index contributed by atoms with van der Waals surface area (Å²) in [6, 6.07) is -0.0752. The minimum atomic E-state index is -1.49. The molecule has 0 aliphatic carbocycles. The molecule has 0 unspecified atom stereocenters. The highest BCUT2D eigenvalue weighted by Crippen LogP contribution is 2.50. The Labute approximate surface area is 124 Å². The van der Waals surface area contributed by atoms with Gasteiger partial charge < -0.3 is 20.3 Å². The average Bonchev–Trinajstić information content (AvgIpc) is 2.93. The highest BCUT2D eigenvalue weighted by atomic mass is 32.2. The lowest BCUT2D eigenvalue weighted by Crippen LogP contribution is -2.58. The summed E-state index contributed by atoms with van der Waals surface area (Å²) in [5.41, 5.74) is 0. The molecular formula is C12H14N2O6S. The van der Waals surface area contributed by atoms with Gasteiger partial charge in [0.2, 0.25) is 17.7 Å². The van der Waals surface area contributed by atoms with Crippen LogP contribution in [0, 0.1) is 5.92 Å². The minimum Gasteiger partial charge on any atom is -0.449 e. The summed E-state index contributed by atoms with van der Waals surface area (Å²) in [6.07, 6.45) is 0.0608. The molecule has 21 heavy (non-hydrogen) atoms. The van der Waals surface area contributed by atoms with Crippen molar-refractivity contribution in [2.45, 2.75) is 30.7 Å². The van der Waals surface area contributed by atoms with E-state index in [0.717, 1.165) is 0 Å². The van der Waals surface area contributed by atoms with E-state index in [2.05, 4.69) is 5.32 Å².